The molecule has 1 amide bonds. The van der Waals surface area contributed by atoms with Crippen LogP contribution in [0.5, 0.6) is 0 Å². The van der Waals surface area contributed by atoms with Crippen molar-refractivity contribution in [3.05, 3.63) is 104 Å². The van der Waals surface area contributed by atoms with Gasteiger partial charge in [-0.15, -0.1) is 12.4 Å². The van der Waals surface area contributed by atoms with E-state index in [4.69, 9.17) is 11.6 Å². The Morgan fingerprint density at radius 2 is 2.08 bits per heavy atom. The van der Waals surface area contributed by atoms with Crippen molar-refractivity contribution in [2.45, 2.75) is 19.5 Å². The van der Waals surface area contributed by atoms with Crippen LogP contribution >= 0.6 is 39.9 Å². The van der Waals surface area contributed by atoms with Gasteiger partial charge in [0.25, 0.3) is 0 Å². The molecule has 0 bridgehead atoms. The van der Waals surface area contributed by atoms with Crippen molar-refractivity contribution >= 4 is 62.9 Å². The molecule has 0 saturated heterocycles. The molecule has 2 aromatic heterocycles. The Labute approximate surface area is 239 Å². The maximum absolute atomic E-state index is 13.5. The highest BCUT2D eigenvalue weighted by atomic mass is 79.9. The lowest BCUT2D eigenvalue weighted by atomic mass is 10.0. The largest absolute Gasteiger partial charge is 0.333 e. The van der Waals surface area contributed by atoms with Gasteiger partial charge >= 0.3 is 6.03 Å². The number of amides is 1. The molecule has 3 heterocycles. The molecule has 5 rings (SSSR count). The number of hydrogen-bond acceptors (Lipinski definition) is 4. The molecule has 0 fully saturated rings. The van der Waals surface area contributed by atoms with E-state index in [0.29, 0.717) is 41.2 Å². The summed E-state index contributed by atoms with van der Waals surface area (Å²) in [5.74, 6) is -0.289. The van der Waals surface area contributed by atoms with Crippen molar-refractivity contribution < 1.29 is 9.18 Å². The van der Waals surface area contributed by atoms with Crippen LogP contribution in [0, 0.1) is 17.1 Å². The molecular formula is C28H23BrCl2FN5O. The van der Waals surface area contributed by atoms with E-state index in [0.717, 1.165) is 39.8 Å². The van der Waals surface area contributed by atoms with E-state index in [-0.39, 0.29) is 24.3 Å². The van der Waals surface area contributed by atoms with Gasteiger partial charge in [-0.3, -0.25) is 9.47 Å². The first-order valence-corrected chi connectivity index (χ1v) is 12.9. The standard InChI is InChI=1S/C28H22BrClFN5O.ClH/c29-23-13-18(3-5-24(23)31)2-1-10-35-11-8-26-22(17-35)21-12-19(15-32)4-6-25(21)36(26)28(37)34-16-20-7-9-33-27(30)14-20;/h1-7,9,12-14H,8,10-11,16-17H2,(H,34,37);1H/b2-1+;. The molecule has 194 valence electrons. The number of fused-ring (bicyclic) bond motifs is 3. The number of nitrogens with zero attached hydrogens (tertiary/aromatic N) is 4. The lowest BCUT2D eigenvalue weighted by Crippen LogP contribution is -2.34. The van der Waals surface area contributed by atoms with Crippen molar-refractivity contribution in [2.75, 3.05) is 13.1 Å². The van der Waals surface area contributed by atoms with Gasteiger partial charge in [0.1, 0.15) is 11.0 Å². The Morgan fingerprint density at radius 1 is 1.24 bits per heavy atom. The number of rotatable bonds is 5. The summed E-state index contributed by atoms with van der Waals surface area (Å²) in [7, 11) is 0. The predicted molar refractivity (Wildman–Crippen MR) is 153 cm³/mol. The fourth-order valence-corrected chi connectivity index (χ4v) is 5.23. The molecule has 0 atom stereocenters. The Bertz CT molecular complexity index is 1580. The zero-order chi connectivity index (χ0) is 25.9. The fraction of sp³-hybridized carbons (Fsp3) is 0.179. The van der Waals surface area contributed by atoms with E-state index in [1.165, 1.54) is 6.07 Å². The second-order valence-electron chi connectivity index (χ2n) is 8.81. The quantitative estimate of drug-likeness (QED) is 0.253. The maximum Gasteiger partial charge on any atom is 0.326 e. The molecule has 6 nitrogen and oxygen atoms in total. The van der Waals surface area contributed by atoms with Gasteiger partial charge in [0.05, 0.1) is 21.6 Å². The summed E-state index contributed by atoms with van der Waals surface area (Å²) >= 11 is 9.20. The molecule has 4 aromatic rings. The number of pyridine rings is 1. The fourth-order valence-electron chi connectivity index (χ4n) is 4.63. The Balaban J connectivity index is 0.00000336. The molecule has 0 saturated carbocycles. The summed E-state index contributed by atoms with van der Waals surface area (Å²) in [5, 5.41) is 13.7. The number of benzene rings is 2. The molecular weight excluding hydrogens is 592 g/mol. The number of aromatic nitrogens is 2. The van der Waals surface area contributed by atoms with E-state index in [2.05, 4.69) is 43.3 Å². The van der Waals surface area contributed by atoms with E-state index in [1.54, 1.807) is 35.0 Å². The first-order valence-electron chi connectivity index (χ1n) is 11.7. The van der Waals surface area contributed by atoms with E-state index in [9.17, 15) is 14.4 Å². The molecule has 1 aliphatic heterocycles. The average molecular weight is 615 g/mol. The first-order chi connectivity index (χ1) is 17.9. The van der Waals surface area contributed by atoms with Gasteiger partial charge in [-0.05, 0) is 75.1 Å². The SMILES string of the molecule is Cl.N#Cc1ccc2c(c1)c1c(n2C(=O)NCc2ccnc(Cl)c2)CCN(C/C=C/c2ccc(F)c(Br)c2)C1. The molecule has 2 aromatic carbocycles. The monoisotopic (exact) mass is 613 g/mol. The number of nitriles is 1. The van der Waals surface area contributed by atoms with E-state index in [1.807, 2.05) is 24.3 Å². The summed E-state index contributed by atoms with van der Waals surface area (Å²) < 4.78 is 15.7. The minimum Gasteiger partial charge on any atom is -0.333 e. The first kappa shape index (κ1) is 27.8. The van der Waals surface area contributed by atoms with E-state index >= 15 is 0 Å². The van der Waals surface area contributed by atoms with Crippen LogP contribution in [0.15, 0.2) is 65.3 Å². The van der Waals surface area contributed by atoms with Gasteiger partial charge < -0.3 is 5.32 Å². The highest BCUT2D eigenvalue weighted by Gasteiger charge is 2.26. The molecule has 0 unspecified atom stereocenters. The number of nitrogens with one attached hydrogen (secondary N) is 1. The van der Waals surface area contributed by atoms with Crippen molar-refractivity contribution in [3.63, 3.8) is 0 Å². The summed E-state index contributed by atoms with van der Waals surface area (Å²) in [6, 6.07) is 15.9. The van der Waals surface area contributed by atoms with Crippen LogP contribution in [-0.4, -0.2) is 33.6 Å². The normalized spacial score (nSPS) is 13.2. The van der Waals surface area contributed by atoms with Crippen LogP contribution < -0.4 is 5.32 Å². The van der Waals surface area contributed by atoms with Crippen LogP contribution in [0.4, 0.5) is 9.18 Å². The zero-order valence-corrected chi connectivity index (χ0v) is 23.3. The lowest BCUT2D eigenvalue weighted by Gasteiger charge is -2.27. The second-order valence-corrected chi connectivity index (χ2v) is 10.1. The maximum atomic E-state index is 13.5. The number of hydrogen-bond donors (Lipinski definition) is 1. The smallest absolute Gasteiger partial charge is 0.326 e. The summed E-state index contributed by atoms with van der Waals surface area (Å²) in [5.41, 5.74) is 5.11. The third-order valence-electron chi connectivity index (χ3n) is 6.41. The number of halogens is 4. The van der Waals surface area contributed by atoms with Gasteiger partial charge in [-0.25, -0.2) is 14.2 Å². The van der Waals surface area contributed by atoms with Crippen LogP contribution in [0.25, 0.3) is 17.0 Å². The Kier molecular flexibility index (Phi) is 8.85. The molecule has 38 heavy (non-hydrogen) atoms. The van der Waals surface area contributed by atoms with Gasteiger partial charge in [-0.2, -0.15) is 5.26 Å². The minimum atomic E-state index is -0.289. The van der Waals surface area contributed by atoms with Gasteiger partial charge in [-0.1, -0.05) is 29.8 Å². The van der Waals surface area contributed by atoms with Crippen LogP contribution in [0.2, 0.25) is 5.15 Å². The lowest BCUT2D eigenvalue weighted by molar-refractivity contribution is 0.240. The van der Waals surface area contributed by atoms with Crippen LogP contribution in [0.1, 0.15) is 27.9 Å². The minimum absolute atomic E-state index is 0. The van der Waals surface area contributed by atoms with Gasteiger partial charge in [0.15, 0.2) is 0 Å². The van der Waals surface area contributed by atoms with Crippen molar-refractivity contribution in [2.24, 2.45) is 0 Å². The molecule has 1 aliphatic rings. The topological polar surface area (TPSA) is 74.0 Å². The predicted octanol–water partition coefficient (Wildman–Crippen LogP) is 6.71. The van der Waals surface area contributed by atoms with Crippen molar-refractivity contribution in [1.29, 1.82) is 5.26 Å². The van der Waals surface area contributed by atoms with Crippen molar-refractivity contribution in [1.82, 2.24) is 19.8 Å². The number of carbonyl (C=O) groups is 1. The van der Waals surface area contributed by atoms with Crippen LogP contribution in [0.3, 0.4) is 0 Å². The molecule has 0 spiro atoms. The van der Waals surface area contributed by atoms with Crippen LogP contribution in [-0.2, 0) is 19.5 Å². The summed E-state index contributed by atoms with van der Waals surface area (Å²) in [6.45, 7) is 2.45. The average Bonchev–Trinajstić information content (AvgIpc) is 3.22. The molecule has 1 N–H and O–H groups in total. The third-order valence-corrected chi connectivity index (χ3v) is 7.23. The third kappa shape index (κ3) is 5.92. The van der Waals surface area contributed by atoms with E-state index < -0.39 is 0 Å². The van der Waals surface area contributed by atoms with Gasteiger partial charge in [0, 0.05) is 49.9 Å². The molecule has 0 aliphatic carbocycles. The van der Waals surface area contributed by atoms with Crippen molar-refractivity contribution in [3.8, 4) is 6.07 Å². The zero-order valence-electron chi connectivity index (χ0n) is 20.1. The summed E-state index contributed by atoms with van der Waals surface area (Å²) in [4.78, 5) is 19.6. The second kappa shape index (κ2) is 12.1. The highest BCUT2D eigenvalue weighted by molar-refractivity contribution is 9.10. The Hall–Kier alpha value is -3.22. The van der Waals surface area contributed by atoms with Gasteiger partial charge in [0.2, 0.25) is 0 Å². The highest BCUT2D eigenvalue weighted by Crippen LogP contribution is 2.32. The molecule has 10 heteroatoms. The summed E-state index contributed by atoms with van der Waals surface area (Å²) in [6.07, 6.45) is 6.32. The Morgan fingerprint density at radius 3 is 2.84 bits per heavy atom. The molecule has 0 radical (unpaired) electrons. The number of carbonyl (C=O) groups excluding carboxylic acids is 1.